The van der Waals surface area contributed by atoms with Crippen LogP contribution in [0.2, 0.25) is 0 Å². The summed E-state index contributed by atoms with van der Waals surface area (Å²) in [6.07, 6.45) is 51.8. The fourth-order valence-corrected chi connectivity index (χ4v) is 8.34. The first-order chi connectivity index (χ1) is 29.3. The van der Waals surface area contributed by atoms with Crippen LogP contribution in [0.25, 0.3) is 0 Å². The van der Waals surface area contributed by atoms with Crippen LogP contribution in [0.4, 0.5) is 0 Å². The van der Waals surface area contributed by atoms with E-state index in [1.807, 2.05) is 0 Å². The number of phosphoric acid groups is 1. The van der Waals surface area contributed by atoms with E-state index in [2.05, 4.69) is 26.0 Å². The van der Waals surface area contributed by atoms with Gasteiger partial charge in [-0.05, 0) is 38.5 Å². The SMILES string of the molecule is CCCCCCCCCC/C=C\CCCCCCCCCCCCCCCCCCCCCCCC(=O)OC(COC(=O)CCCCCCCC)COP(=O)(O)OCCN. The molecule has 356 valence electrons. The molecule has 0 radical (unpaired) electrons. The van der Waals surface area contributed by atoms with Crippen LogP contribution in [-0.4, -0.2) is 49.3 Å². The van der Waals surface area contributed by atoms with E-state index in [1.54, 1.807) is 0 Å². The van der Waals surface area contributed by atoms with E-state index in [0.29, 0.717) is 6.42 Å². The monoisotopic (exact) mass is 872 g/mol. The van der Waals surface area contributed by atoms with Crippen LogP contribution >= 0.6 is 7.82 Å². The molecule has 0 aromatic rings. The first-order valence-corrected chi connectivity index (χ1v) is 27.2. The van der Waals surface area contributed by atoms with Gasteiger partial charge in [-0.15, -0.1) is 0 Å². The van der Waals surface area contributed by atoms with Crippen LogP contribution in [0.1, 0.15) is 264 Å². The highest BCUT2D eigenvalue weighted by atomic mass is 31.2. The third kappa shape index (κ3) is 46.3. The van der Waals surface area contributed by atoms with Crippen molar-refractivity contribution in [3.05, 3.63) is 12.2 Å². The van der Waals surface area contributed by atoms with Gasteiger partial charge >= 0.3 is 19.8 Å². The van der Waals surface area contributed by atoms with Crippen molar-refractivity contribution >= 4 is 19.8 Å². The highest BCUT2D eigenvalue weighted by Crippen LogP contribution is 2.43. The molecule has 0 aliphatic rings. The number of nitrogens with two attached hydrogens (primary N) is 1. The molecular weight excluding hydrogens is 774 g/mol. The van der Waals surface area contributed by atoms with Gasteiger partial charge < -0.3 is 20.1 Å². The summed E-state index contributed by atoms with van der Waals surface area (Å²) in [4.78, 5) is 34.7. The van der Waals surface area contributed by atoms with E-state index in [0.717, 1.165) is 38.5 Å². The van der Waals surface area contributed by atoms with Crippen molar-refractivity contribution in [2.45, 2.75) is 270 Å². The van der Waals surface area contributed by atoms with Crippen molar-refractivity contribution in [3.63, 3.8) is 0 Å². The summed E-state index contributed by atoms with van der Waals surface area (Å²) in [7, 11) is -4.36. The lowest BCUT2D eigenvalue weighted by atomic mass is 10.0. The van der Waals surface area contributed by atoms with E-state index in [1.165, 1.54) is 193 Å². The van der Waals surface area contributed by atoms with Crippen molar-refractivity contribution in [1.82, 2.24) is 0 Å². The Morgan fingerprint density at radius 3 is 1.18 bits per heavy atom. The quantitative estimate of drug-likeness (QED) is 0.0265. The summed E-state index contributed by atoms with van der Waals surface area (Å²) in [6, 6.07) is 0. The fraction of sp³-hybridized carbons (Fsp3) is 0.920. The van der Waals surface area contributed by atoms with Gasteiger partial charge in [0.25, 0.3) is 0 Å². The maximum atomic E-state index is 12.6. The number of rotatable bonds is 49. The minimum Gasteiger partial charge on any atom is -0.462 e. The molecule has 9 nitrogen and oxygen atoms in total. The number of esters is 2. The minimum atomic E-state index is -4.36. The number of hydrogen-bond acceptors (Lipinski definition) is 8. The fourth-order valence-electron chi connectivity index (χ4n) is 7.57. The minimum absolute atomic E-state index is 0.0568. The number of ether oxygens (including phenoxy) is 2. The van der Waals surface area contributed by atoms with Gasteiger partial charge in [0.15, 0.2) is 6.10 Å². The van der Waals surface area contributed by atoms with Gasteiger partial charge in [0.2, 0.25) is 0 Å². The average Bonchev–Trinajstić information content (AvgIpc) is 3.24. The Morgan fingerprint density at radius 2 is 0.817 bits per heavy atom. The third-order valence-corrected chi connectivity index (χ3v) is 12.4. The molecule has 10 heteroatoms. The van der Waals surface area contributed by atoms with Crippen molar-refractivity contribution in [1.29, 1.82) is 0 Å². The van der Waals surface area contributed by atoms with E-state index >= 15 is 0 Å². The third-order valence-electron chi connectivity index (χ3n) is 11.4. The van der Waals surface area contributed by atoms with E-state index in [4.69, 9.17) is 24.3 Å². The van der Waals surface area contributed by atoms with Gasteiger partial charge in [0.05, 0.1) is 13.2 Å². The van der Waals surface area contributed by atoms with E-state index in [-0.39, 0.29) is 38.6 Å². The molecule has 0 fully saturated rings. The standard InChI is InChI=1S/C50H98NO8P/c1-3-5-7-9-11-12-13-14-15-16-17-18-19-20-21-22-23-24-25-26-27-28-29-30-31-32-33-34-35-36-37-39-41-43-50(53)59-48(47-58-60(54,55)57-45-44-51)46-56-49(52)42-40-38-10-8-6-4-2/h16-17,48H,3-15,18-47,51H2,1-2H3,(H,54,55)/b17-16-. The molecule has 0 saturated carbocycles. The van der Waals surface area contributed by atoms with Crippen molar-refractivity contribution < 1.29 is 37.6 Å². The Kier molecular flexibility index (Phi) is 46.3. The Hall–Kier alpha value is -1.25. The van der Waals surface area contributed by atoms with Crippen LogP contribution in [0.15, 0.2) is 12.2 Å². The van der Waals surface area contributed by atoms with Gasteiger partial charge in [-0.2, -0.15) is 0 Å². The zero-order chi connectivity index (χ0) is 43.9. The maximum absolute atomic E-state index is 12.6. The van der Waals surface area contributed by atoms with Gasteiger partial charge in [0, 0.05) is 19.4 Å². The molecule has 0 rings (SSSR count). The number of carbonyl (C=O) groups is 2. The van der Waals surface area contributed by atoms with Gasteiger partial charge in [-0.3, -0.25) is 18.6 Å². The number of phosphoric ester groups is 1. The van der Waals surface area contributed by atoms with Crippen LogP contribution < -0.4 is 5.73 Å². The summed E-state index contributed by atoms with van der Waals surface area (Å²) in [5.41, 5.74) is 5.34. The van der Waals surface area contributed by atoms with E-state index in [9.17, 15) is 19.0 Å². The van der Waals surface area contributed by atoms with Crippen LogP contribution in [0, 0.1) is 0 Å². The highest BCUT2D eigenvalue weighted by Gasteiger charge is 2.26. The van der Waals surface area contributed by atoms with Crippen LogP contribution in [0.5, 0.6) is 0 Å². The lowest BCUT2D eigenvalue weighted by molar-refractivity contribution is -0.161. The Labute approximate surface area is 370 Å². The predicted octanol–water partition coefficient (Wildman–Crippen LogP) is 15.3. The molecule has 3 N–H and O–H groups in total. The van der Waals surface area contributed by atoms with Gasteiger partial charge in [0.1, 0.15) is 6.61 Å². The largest absolute Gasteiger partial charge is 0.472 e. The summed E-state index contributed by atoms with van der Waals surface area (Å²) in [6.45, 7) is 3.70. The number of carbonyl (C=O) groups excluding carboxylic acids is 2. The molecule has 2 unspecified atom stereocenters. The summed E-state index contributed by atoms with van der Waals surface area (Å²) < 4.78 is 32.6. The molecule has 0 aliphatic heterocycles. The summed E-state index contributed by atoms with van der Waals surface area (Å²) in [5, 5.41) is 0. The number of unbranched alkanes of at least 4 members (excludes halogenated alkanes) is 34. The zero-order valence-corrected chi connectivity index (χ0v) is 40.4. The van der Waals surface area contributed by atoms with E-state index < -0.39 is 26.5 Å². The van der Waals surface area contributed by atoms with Crippen molar-refractivity contribution in [2.75, 3.05) is 26.4 Å². The topological polar surface area (TPSA) is 134 Å². The molecule has 0 aliphatic carbocycles. The lowest BCUT2D eigenvalue weighted by Crippen LogP contribution is -2.29. The molecule has 0 amide bonds. The first-order valence-electron chi connectivity index (χ1n) is 25.7. The van der Waals surface area contributed by atoms with Crippen LogP contribution in [-0.2, 0) is 32.7 Å². The number of allylic oxidation sites excluding steroid dienone is 2. The molecule has 0 spiro atoms. The highest BCUT2D eigenvalue weighted by molar-refractivity contribution is 7.47. The summed E-state index contributed by atoms with van der Waals surface area (Å²) in [5.74, 6) is -0.825. The number of hydrogen-bond donors (Lipinski definition) is 2. The Bertz CT molecular complexity index is 995. The first kappa shape index (κ1) is 58.8. The maximum Gasteiger partial charge on any atom is 0.472 e. The molecule has 0 aromatic heterocycles. The lowest BCUT2D eigenvalue weighted by Gasteiger charge is -2.19. The summed E-state index contributed by atoms with van der Waals surface area (Å²) >= 11 is 0. The average molecular weight is 872 g/mol. The van der Waals surface area contributed by atoms with Gasteiger partial charge in [-0.25, -0.2) is 4.57 Å². The van der Waals surface area contributed by atoms with Crippen molar-refractivity contribution in [2.24, 2.45) is 5.73 Å². The predicted molar refractivity (Wildman–Crippen MR) is 252 cm³/mol. The molecule has 0 heterocycles. The molecule has 0 saturated heterocycles. The van der Waals surface area contributed by atoms with Gasteiger partial charge in [-0.1, -0.05) is 225 Å². The molecule has 0 bridgehead atoms. The Balaban J connectivity index is 3.69. The second kappa shape index (κ2) is 47.2. The molecule has 60 heavy (non-hydrogen) atoms. The molecular formula is C50H98NO8P. The van der Waals surface area contributed by atoms with Crippen LogP contribution in [0.3, 0.4) is 0 Å². The smallest absolute Gasteiger partial charge is 0.462 e. The second-order valence-electron chi connectivity index (χ2n) is 17.4. The Morgan fingerprint density at radius 1 is 0.483 bits per heavy atom. The normalized spacial score (nSPS) is 13.2. The van der Waals surface area contributed by atoms with Crippen molar-refractivity contribution in [3.8, 4) is 0 Å². The molecule has 0 aromatic carbocycles. The molecule has 2 atom stereocenters. The zero-order valence-electron chi connectivity index (χ0n) is 39.5. The second-order valence-corrected chi connectivity index (χ2v) is 18.9.